The Kier molecular flexibility index (Phi) is 5.42. The van der Waals surface area contributed by atoms with Crippen LogP contribution in [0.15, 0.2) is 33.7 Å². The van der Waals surface area contributed by atoms with Gasteiger partial charge in [0.25, 0.3) is 0 Å². The fourth-order valence-electron chi connectivity index (χ4n) is 3.04. The summed E-state index contributed by atoms with van der Waals surface area (Å²) in [6, 6.07) is 8.46. The molecule has 1 heterocycles. The Morgan fingerprint density at radius 1 is 1.36 bits per heavy atom. The maximum Gasteiger partial charge on any atom is 0.228 e. The van der Waals surface area contributed by atoms with E-state index < -0.39 is 0 Å². The minimum atomic E-state index is 0.139. The molecule has 0 radical (unpaired) electrons. The molecule has 1 aromatic carbocycles. The fraction of sp³-hybridized carbons (Fsp3) is 0.400. The van der Waals surface area contributed by atoms with E-state index in [9.17, 15) is 0 Å². The van der Waals surface area contributed by atoms with Crippen LogP contribution in [0.3, 0.4) is 0 Å². The first-order valence-electron chi connectivity index (χ1n) is 8.63. The molecule has 0 fully saturated rings. The lowest BCUT2D eigenvalue weighted by atomic mass is 10.1. The molecule has 3 rings (SSSR count). The van der Waals surface area contributed by atoms with Gasteiger partial charge in [-0.25, -0.2) is 9.98 Å². The number of nitrogens with zero attached hydrogens (tertiary/aromatic N) is 3. The zero-order valence-corrected chi connectivity index (χ0v) is 16.8. The van der Waals surface area contributed by atoms with E-state index in [1.165, 1.54) is 16.7 Å². The zero-order valence-electron chi connectivity index (χ0n) is 15.2. The van der Waals surface area contributed by atoms with Crippen LogP contribution in [0.1, 0.15) is 29.3 Å². The summed E-state index contributed by atoms with van der Waals surface area (Å²) in [7, 11) is 2.00. The zero-order chi connectivity index (χ0) is 18.0. The summed E-state index contributed by atoms with van der Waals surface area (Å²) in [5, 5.41) is 0. The first-order valence-corrected chi connectivity index (χ1v) is 9.42. The van der Waals surface area contributed by atoms with Gasteiger partial charge in [-0.05, 0) is 59.5 Å². The SMILES string of the molecule is CCN(C)/C=N/c1cc(Br)c(OC2Cc3cccc(C)c3C2)nc1C. The molecule has 4 nitrogen and oxygen atoms in total. The number of aryl methyl sites for hydroxylation is 2. The summed E-state index contributed by atoms with van der Waals surface area (Å²) in [6.07, 6.45) is 3.84. The van der Waals surface area contributed by atoms with Crippen LogP contribution in [0.25, 0.3) is 0 Å². The Labute approximate surface area is 158 Å². The highest BCUT2D eigenvalue weighted by atomic mass is 79.9. The predicted octanol–water partition coefficient (Wildman–Crippen LogP) is 4.62. The average Bonchev–Trinajstić information content (AvgIpc) is 3.00. The highest BCUT2D eigenvalue weighted by Gasteiger charge is 2.25. The van der Waals surface area contributed by atoms with Gasteiger partial charge in [0.2, 0.25) is 5.88 Å². The number of aromatic nitrogens is 1. The molecule has 1 aromatic heterocycles. The second-order valence-electron chi connectivity index (χ2n) is 6.56. The van der Waals surface area contributed by atoms with E-state index in [-0.39, 0.29) is 6.10 Å². The standard InChI is InChI=1S/C20H24BrN3O/c1-5-24(4)12-22-19-11-18(21)20(23-14(19)3)25-16-9-15-8-6-7-13(2)17(15)10-16/h6-8,11-12,16H,5,9-10H2,1-4H3/b22-12+. The summed E-state index contributed by atoms with van der Waals surface area (Å²) in [5.74, 6) is 0.649. The third kappa shape index (κ3) is 4.03. The Morgan fingerprint density at radius 3 is 2.88 bits per heavy atom. The third-order valence-corrected chi connectivity index (χ3v) is 5.23. The fourth-order valence-corrected chi connectivity index (χ4v) is 3.44. The van der Waals surface area contributed by atoms with Gasteiger partial charge in [-0.15, -0.1) is 0 Å². The molecule has 5 heteroatoms. The summed E-state index contributed by atoms with van der Waals surface area (Å²) >= 11 is 3.59. The number of hydrogen-bond donors (Lipinski definition) is 0. The number of fused-ring (bicyclic) bond motifs is 1. The number of benzene rings is 1. The van der Waals surface area contributed by atoms with Gasteiger partial charge in [-0.3, -0.25) is 0 Å². The van der Waals surface area contributed by atoms with E-state index in [1.807, 2.05) is 31.3 Å². The van der Waals surface area contributed by atoms with Crippen molar-refractivity contribution in [2.24, 2.45) is 4.99 Å². The second kappa shape index (κ2) is 7.56. The van der Waals surface area contributed by atoms with Gasteiger partial charge < -0.3 is 9.64 Å². The summed E-state index contributed by atoms with van der Waals surface area (Å²) < 4.78 is 7.05. The van der Waals surface area contributed by atoms with E-state index in [0.717, 1.165) is 35.2 Å². The van der Waals surface area contributed by atoms with E-state index in [2.05, 4.69) is 58.0 Å². The number of rotatable bonds is 5. The van der Waals surface area contributed by atoms with Crippen LogP contribution in [0.2, 0.25) is 0 Å². The van der Waals surface area contributed by atoms with Crippen molar-refractivity contribution in [3.05, 3.63) is 51.1 Å². The Hall–Kier alpha value is -1.88. The van der Waals surface area contributed by atoms with Crippen LogP contribution in [0.4, 0.5) is 5.69 Å². The number of halogens is 1. The maximum absolute atomic E-state index is 6.21. The van der Waals surface area contributed by atoms with Gasteiger partial charge in [0, 0.05) is 26.4 Å². The van der Waals surface area contributed by atoms with Crippen molar-refractivity contribution in [3.63, 3.8) is 0 Å². The van der Waals surface area contributed by atoms with Gasteiger partial charge >= 0.3 is 0 Å². The molecule has 0 spiro atoms. The molecule has 0 amide bonds. The van der Waals surface area contributed by atoms with Crippen LogP contribution in [-0.2, 0) is 12.8 Å². The molecule has 0 aliphatic heterocycles. The summed E-state index contributed by atoms with van der Waals surface area (Å²) in [5.41, 5.74) is 5.87. The molecule has 0 saturated carbocycles. The van der Waals surface area contributed by atoms with Gasteiger partial charge in [-0.1, -0.05) is 18.2 Å². The number of ether oxygens (including phenoxy) is 1. The molecule has 1 aliphatic carbocycles. The van der Waals surface area contributed by atoms with Crippen molar-refractivity contribution in [2.45, 2.75) is 39.7 Å². The lowest BCUT2D eigenvalue weighted by molar-refractivity contribution is 0.203. The van der Waals surface area contributed by atoms with Crippen LogP contribution >= 0.6 is 15.9 Å². The van der Waals surface area contributed by atoms with Crippen molar-refractivity contribution >= 4 is 28.0 Å². The molecule has 0 saturated heterocycles. The molecular formula is C20H24BrN3O. The van der Waals surface area contributed by atoms with E-state index in [1.54, 1.807) is 0 Å². The molecule has 2 aromatic rings. The first kappa shape index (κ1) is 17.9. The highest BCUT2D eigenvalue weighted by molar-refractivity contribution is 9.10. The third-order valence-electron chi connectivity index (χ3n) is 4.67. The summed E-state index contributed by atoms with van der Waals surface area (Å²) in [6.45, 7) is 7.14. The largest absolute Gasteiger partial charge is 0.473 e. The monoisotopic (exact) mass is 401 g/mol. The normalized spacial score (nSPS) is 16.3. The molecule has 0 bridgehead atoms. The molecule has 1 atom stereocenters. The van der Waals surface area contributed by atoms with Crippen molar-refractivity contribution < 1.29 is 4.74 Å². The number of hydrogen-bond acceptors (Lipinski definition) is 3. The Balaban J connectivity index is 1.75. The predicted molar refractivity (Wildman–Crippen MR) is 106 cm³/mol. The molecule has 1 unspecified atom stereocenters. The number of pyridine rings is 1. The topological polar surface area (TPSA) is 37.7 Å². The smallest absolute Gasteiger partial charge is 0.228 e. The molecule has 25 heavy (non-hydrogen) atoms. The van der Waals surface area contributed by atoms with Gasteiger partial charge in [0.1, 0.15) is 6.10 Å². The van der Waals surface area contributed by atoms with Crippen LogP contribution in [0, 0.1) is 13.8 Å². The van der Waals surface area contributed by atoms with Crippen LogP contribution < -0.4 is 4.74 Å². The Morgan fingerprint density at radius 2 is 2.16 bits per heavy atom. The second-order valence-corrected chi connectivity index (χ2v) is 7.41. The van der Waals surface area contributed by atoms with Gasteiger partial charge in [0.15, 0.2) is 0 Å². The quantitative estimate of drug-likeness (QED) is 0.541. The van der Waals surface area contributed by atoms with Gasteiger partial charge in [-0.2, -0.15) is 0 Å². The minimum Gasteiger partial charge on any atom is -0.473 e. The van der Waals surface area contributed by atoms with Crippen molar-refractivity contribution in [3.8, 4) is 5.88 Å². The number of aliphatic imine (C=N–C) groups is 1. The van der Waals surface area contributed by atoms with Crippen molar-refractivity contribution in [2.75, 3.05) is 13.6 Å². The molecule has 132 valence electrons. The molecule has 0 N–H and O–H groups in total. The average molecular weight is 402 g/mol. The van der Waals surface area contributed by atoms with Gasteiger partial charge in [0.05, 0.1) is 22.2 Å². The lowest BCUT2D eigenvalue weighted by Gasteiger charge is -2.15. The van der Waals surface area contributed by atoms with E-state index in [4.69, 9.17) is 4.74 Å². The Bertz CT molecular complexity index is 804. The van der Waals surface area contributed by atoms with E-state index >= 15 is 0 Å². The lowest BCUT2D eigenvalue weighted by Crippen LogP contribution is -2.17. The van der Waals surface area contributed by atoms with Crippen LogP contribution in [0.5, 0.6) is 5.88 Å². The van der Waals surface area contributed by atoms with Crippen molar-refractivity contribution in [1.29, 1.82) is 0 Å². The minimum absolute atomic E-state index is 0.139. The molecular weight excluding hydrogens is 378 g/mol. The maximum atomic E-state index is 6.21. The van der Waals surface area contributed by atoms with Crippen molar-refractivity contribution in [1.82, 2.24) is 9.88 Å². The first-order chi connectivity index (χ1) is 12.0. The highest BCUT2D eigenvalue weighted by Crippen LogP contribution is 2.33. The van der Waals surface area contributed by atoms with E-state index in [0.29, 0.717) is 5.88 Å². The molecule has 1 aliphatic rings. The summed E-state index contributed by atoms with van der Waals surface area (Å²) in [4.78, 5) is 11.2. The van der Waals surface area contributed by atoms with Crippen LogP contribution in [-0.4, -0.2) is 35.9 Å².